The summed E-state index contributed by atoms with van der Waals surface area (Å²) in [5.74, 6) is 0.749. The van der Waals surface area contributed by atoms with Gasteiger partial charge in [0, 0.05) is 11.7 Å². The molecule has 1 nitrogen and oxygen atoms in total. The van der Waals surface area contributed by atoms with E-state index in [-0.39, 0.29) is 0 Å². The maximum absolute atomic E-state index is 3.92. The van der Waals surface area contributed by atoms with Crippen LogP contribution in [-0.2, 0) is 6.42 Å². The van der Waals surface area contributed by atoms with Crippen molar-refractivity contribution in [3.63, 3.8) is 0 Å². The molecule has 0 spiro atoms. The lowest BCUT2D eigenvalue weighted by Crippen LogP contribution is -2.25. The Labute approximate surface area is 106 Å². The first-order valence-corrected chi connectivity index (χ1v) is 6.55. The zero-order chi connectivity index (χ0) is 12.8. The van der Waals surface area contributed by atoms with Crippen LogP contribution in [0.2, 0.25) is 0 Å². The van der Waals surface area contributed by atoms with Crippen molar-refractivity contribution in [2.45, 2.75) is 46.6 Å². The van der Waals surface area contributed by atoms with E-state index in [0.717, 1.165) is 12.3 Å². The van der Waals surface area contributed by atoms with E-state index in [4.69, 9.17) is 0 Å². The van der Waals surface area contributed by atoms with Crippen LogP contribution in [0.1, 0.15) is 39.7 Å². The van der Waals surface area contributed by atoms with E-state index < -0.39 is 0 Å². The molecule has 0 unspecified atom stereocenters. The van der Waals surface area contributed by atoms with Crippen LogP contribution in [0.25, 0.3) is 0 Å². The highest BCUT2D eigenvalue weighted by Gasteiger charge is 2.11. The summed E-state index contributed by atoms with van der Waals surface area (Å²) < 4.78 is 0. The van der Waals surface area contributed by atoms with Gasteiger partial charge in [-0.2, -0.15) is 0 Å². The molecule has 0 aliphatic rings. The molecule has 1 aromatic rings. The molecule has 0 aliphatic heterocycles. The van der Waals surface area contributed by atoms with Gasteiger partial charge in [0.05, 0.1) is 0 Å². The molecule has 0 fully saturated rings. The van der Waals surface area contributed by atoms with Crippen LogP contribution in [0.4, 0.5) is 5.69 Å². The van der Waals surface area contributed by atoms with Gasteiger partial charge in [-0.25, -0.2) is 0 Å². The van der Waals surface area contributed by atoms with Crippen molar-refractivity contribution in [1.82, 2.24) is 0 Å². The minimum atomic E-state index is 0.452. The highest BCUT2D eigenvalue weighted by Crippen LogP contribution is 2.24. The maximum atomic E-state index is 3.92. The third kappa shape index (κ3) is 3.92. The van der Waals surface area contributed by atoms with Crippen molar-refractivity contribution in [3.8, 4) is 0 Å². The summed E-state index contributed by atoms with van der Waals surface area (Å²) in [5, 5.41) is 0. The number of benzene rings is 1. The SMILES string of the molecule is C=CN(c1ccccc1CCC(C)C)C(C)C. The standard InChI is InChI=1S/C16H25N/c1-6-17(14(4)5)16-10-8-7-9-15(16)12-11-13(2)3/h6-10,13-14H,1,11-12H2,2-5H3. The van der Waals surface area contributed by atoms with Crippen molar-refractivity contribution in [1.29, 1.82) is 0 Å². The molecule has 1 rings (SSSR count). The smallest absolute Gasteiger partial charge is 0.0440 e. The van der Waals surface area contributed by atoms with Crippen molar-refractivity contribution in [2.75, 3.05) is 4.90 Å². The Kier molecular flexibility index (Phi) is 5.27. The molecule has 1 heteroatoms. The van der Waals surface area contributed by atoms with E-state index in [1.807, 2.05) is 6.20 Å². The molecular formula is C16H25N. The lowest BCUT2D eigenvalue weighted by molar-refractivity contribution is 0.586. The van der Waals surface area contributed by atoms with Crippen LogP contribution in [0.15, 0.2) is 37.0 Å². The summed E-state index contributed by atoms with van der Waals surface area (Å²) in [7, 11) is 0. The Bertz CT molecular complexity index is 352. The van der Waals surface area contributed by atoms with Gasteiger partial charge in [-0.1, -0.05) is 38.6 Å². The predicted octanol–water partition coefficient (Wildman–Crippen LogP) is 4.63. The molecule has 0 N–H and O–H groups in total. The second kappa shape index (κ2) is 6.48. The van der Waals surface area contributed by atoms with E-state index >= 15 is 0 Å². The fourth-order valence-corrected chi connectivity index (χ4v) is 2.01. The minimum Gasteiger partial charge on any atom is -0.346 e. The van der Waals surface area contributed by atoms with Crippen molar-refractivity contribution in [2.24, 2.45) is 5.92 Å². The average molecular weight is 231 g/mol. The van der Waals surface area contributed by atoms with Gasteiger partial charge in [-0.05, 0) is 50.4 Å². The fraction of sp³-hybridized carbons (Fsp3) is 0.500. The van der Waals surface area contributed by atoms with Gasteiger partial charge in [-0.15, -0.1) is 0 Å². The van der Waals surface area contributed by atoms with Crippen LogP contribution >= 0.6 is 0 Å². The van der Waals surface area contributed by atoms with Gasteiger partial charge in [0.15, 0.2) is 0 Å². The Morgan fingerprint density at radius 1 is 1.18 bits per heavy atom. The molecule has 0 amide bonds. The molecule has 0 radical (unpaired) electrons. The lowest BCUT2D eigenvalue weighted by Gasteiger charge is -2.27. The summed E-state index contributed by atoms with van der Waals surface area (Å²) in [6.07, 6.45) is 4.31. The van der Waals surface area contributed by atoms with E-state index in [1.165, 1.54) is 17.7 Å². The topological polar surface area (TPSA) is 3.24 Å². The molecule has 0 bridgehead atoms. The molecule has 94 valence electrons. The quantitative estimate of drug-likeness (QED) is 0.689. The van der Waals surface area contributed by atoms with Gasteiger partial charge < -0.3 is 4.90 Å². The molecule has 0 heterocycles. The van der Waals surface area contributed by atoms with Gasteiger partial charge in [-0.3, -0.25) is 0 Å². The third-order valence-corrected chi connectivity index (χ3v) is 3.01. The summed E-state index contributed by atoms with van der Waals surface area (Å²) in [6.45, 7) is 12.9. The summed E-state index contributed by atoms with van der Waals surface area (Å²) in [6, 6.07) is 9.11. The summed E-state index contributed by atoms with van der Waals surface area (Å²) >= 11 is 0. The molecular weight excluding hydrogens is 206 g/mol. The van der Waals surface area contributed by atoms with Crippen LogP contribution < -0.4 is 4.90 Å². The molecule has 0 saturated carbocycles. The van der Waals surface area contributed by atoms with Crippen molar-refractivity contribution < 1.29 is 0 Å². The first-order valence-electron chi connectivity index (χ1n) is 6.55. The predicted molar refractivity (Wildman–Crippen MR) is 77.4 cm³/mol. The Balaban J connectivity index is 2.93. The van der Waals surface area contributed by atoms with Gasteiger partial charge >= 0.3 is 0 Å². The number of hydrogen-bond donors (Lipinski definition) is 0. The normalized spacial score (nSPS) is 10.9. The number of nitrogens with zero attached hydrogens (tertiary/aromatic N) is 1. The second-order valence-electron chi connectivity index (χ2n) is 5.24. The molecule has 17 heavy (non-hydrogen) atoms. The fourth-order valence-electron chi connectivity index (χ4n) is 2.01. The Morgan fingerprint density at radius 3 is 2.35 bits per heavy atom. The lowest BCUT2D eigenvalue weighted by atomic mass is 10.0. The Hall–Kier alpha value is -1.24. The first kappa shape index (κ1) is 13.8. The zero-order valence-electron chi connectivity index (χ0n) is 11.6. The van der Waals surface area contributed by atoms with Crippen LogP contribution in [0.5, 0.6) is 0 Å². The number of para-hydroxylation sites is 1. The molecule has 0 aromatic heterocycles. The molecule has 1 aromatic carbocycles. The number of aryl methyl sites for hydroxylation is 1. The van der Waals surface area contributed by atoms with Crippen LogP contribution in [0.3, 0.4) is 0 Å². The monoisotopic (exact) mass is 231 g/mol. The third-order valence-electron chi connectivity index (χ3n) is 3.01. The highest BCUT2D eigenvalue weighted by atomic mass is 15.1. The number of rotatable bonds is 6. The van der Waals surface area contributed by atoms with Crippen LogP contribution in [-0.4, -0.2) is 6.04 Å². The van der Waals surface area contributed by atoms with Crippen molar-refractivity contribution in [3.05, 3.63) is 42.6 Å². The van der Waals surface area contributed by atoms with Crippen LogP contribution in [0, 0.1) is 5.92 Å². The summed E-state index contributed by atoms with van der Waals surface area (Å²) in [5.41, 5.74) is 2.73. The van der Waals surface area contributed by atoms with E-state index in [1.54, 1.807) is 0 Å². The highest BCUT2D eigenvalue weighted by molar-refractivity contribution is 5.56. The van der Waals surface area contributed by atoms with Gasteiger partial charge in [0.1, 0.15) is 0 Å². The zero-order valence-corrected chi connectivity index (χ0v) is 11.6. The number of anilines is 1. The second-order valence-corrected chi connectivity index (χ2v) is 5.24. The van der Waals surface area contributed by atoms with E-state index in [0.29, 0.717) is 6.04 Å². The first-order chi connectivity index (χ1) is 8.06. The largest absolute Gasteiger partial charge is 0.346 e. The summed E-state index contributed by atoms with van der Waals surface area (Å²) in [4.78, 5) is 2.25. The van der Waals surface area contributed by atoms with Gasteiger partial charge in [0.2, 0.25) is 0 Å². The molecule has 0 saturated heterocycles. The van der Waals surface area contributed by atoms with Crippen molar-refractivity contribution >= 4 is 5.69 Å². The van der Waals surface area contributed by atoms with Gasteiger partial charge in [0.25, 0.3) is 0 Å². The minimum absolute atomic E-state index is 0.452. The average Bonchev–Trinajstić information content (AvgIpc) is 2.28. The van der Waals surface area contributed by atoms with E-state index in [9.17, 15) is 0 Å². The molecule has 0 aliphatic carbocycles. The van der Waals surface area contributed by atoms with E-state index in [2.05, 4.69) is 63.4 Å². The molecule has 0 atom stereocenters. The Morgan fingerprint density at radius 2 is 1.82 bits per heavy atom. The number of hydrogen-bond acceptors (Lipinski definition) is 1. The maximum Gasteiger partial charge on any atom is 0.0440 e.